The van der Waals surface area contributed by atoms with E-state index >= 15 is 0 Å². The number of aliphatic hydroxyl groups is 1. The summed E-state index contributed by atoms with van der Waals surface area (Å²) in [7, 11) is 2.00. The number of allylic oxidation sites excluding steroid dienone is 2. The Balaban J connectivity index is 1.79. The standard InChI is InChI=1S/C19H29N5O/c1-14-3-8-21-17(11-14)22-18-12-16(15-4-6-20-7-5-15)13-19(23-18)24(2)9-10-25/h3,8,11-13,15,18,20,23,25H,4-7,9-10H2,1-2H3,(H,21,22). The van der Waals surface area contributed by atoms with E-state index in [1.54, 1.807) is 0 Å². The molecule has 0 bridgehead atoms. The lowest BCUT2D eigenvalue weighted by atomic mass is 9.88. The first-order chi connectivity index (χ1) is 12.2. The maximum absolute atomic E-state index is 9.27. The number of likely N-dealkylation sites (N-methyl/N-ethyl adjacent to an activating group) is 1. The molecule has 1 atom stereocenters. The van der Waals surface area contributed by atoms with Crippen LogP contribution in [0.3, 0.4) is 0 Å². The van der Waals surface area contributed by atoms with E-state index in [4.69, 9.17) is 0 Å². The summed E-state index contributed by atoms with van der Waals surface area (Å²) in [6.07, 6.45) is 8.64. The molecule has 6 heteroatoms. The predicted octanol–water partition coefficient (Wildman–Crippen LogP) is 1.42. The van der Waals surface area contributed by atoms with Gasteiger partial charge in [-0.25, -0.2) is 4.98 Å². The van der Waals surface area contributed by atoms with E-state index in [9.17, 15) is 5.11 Å². The number of piperidine rings is 1. The van der Waals surface area contributed by atoms with Crippen LogP contribution >= 0.6 is 0 Å². The minimum absolute atomic E-state index is 0.0136. The molecule has 0 aromatic carbocycles. The van der Waals surface area contributed by atoms with Gasteiger partial charge in [-0.05, 0) is 74.2 Å². The summed E-state index contributed by atoms with van der Waals surface area (Å²) in [5, 5.41) is 19.7. The van der Waals surface area contributed by atoms with Crippen molar-refractivity contribution in [3.63, 3.8) is 0 Å². The molecule has 2 aliphatic rings. The molecule has 0 spiro atoms. The first-order valence-corrected chi connectivity index (χ1v) is 9.07. The summed E-state index contributed by atoms with van der Waals surface area (Å²) < 4.78 is 0. The van der Waals surface area contributed by atoms with E-state index in [0.29, 0.717) is 12.5 Å². The molecule has 1 aromatic heterocycles. The van der Waals surface area contributed by atoms with Crippen molar-refractivity contribution in [3.8, 4) is 0 Å². The van der Waals surface area contributed by atoms with Crippen LogP contribution < -0.4 is 16.0 Å². The third-order valence-electron chi connectivity index (χ3n) is 4.84. The van der Waals surface area contributed by atoms with Crippen molar-refractivity contribution in [2.45, 2.75) is 25.9 Å². The maximum Gasteiger partial charge on any atom is 0.127 e. The van der Waals surface area contributed by atoms with E-state index in [-0.39, 0.29) is 12.8 Å². The fourth-order valence-corrected chi connectivity index (χ4v) is 3.39. The van der Waals surface area contributed by atoms with Gasteiger partial charge in [0.15, 0.2) is 0 Å². The number of aromatic nitrogens is 1. The van der Waals surface area contributed by atoms with Gasteiger partial charge in [0.25, 0.3) is 0 Å². The molecule has 0 aliphatic carbocycles. The van der Waals surface area contributed by atoms with Crippen molar-refractivity contribution in [3.05, 3.63) is 47.4 Å². The zero-order valence-corrected chi connectivity index (χ0v) is 15.1. The quantitative estimate of drug-likeness (QED) is 0.626. The number of nitrogens with one attached hydrogen (secondary N) is 3. The van der Waals surface area contributed by atoms with Crippen LogP contribution in [0, 0.1) is 12.8 Å². The molecular formula is C19H29N5O. The highest BCUT2D eigenvalue weighted by Gasteiger charge is 2.23. The molecule has 0 saturated carbocycles. The van der Waals surface area contributed by atoms with Gasteiger partial charge in [-0.3, -0.25) is 0 Å². The normalized spacial score (nSPS) is 21.2. The van der Waals surface area contributed by atoms with E-state index in [1.165, 1.54) is 11.1 Å². The Kier molecular flexibility index (Phi) is 5.94. The molecule has 2 aliphatic heterocycles. The summed E-state index contributed by atoms with van der Waals surface area (Å²) >= 11 is 0. The fraction of sp³-hybridized carbons (Fsp3) is 0.526. The van der Waals surface area contributed by atoms with Gasteiger partial charge >= 0.3 is 0 Å². The van der Waals surface area contributed by atoms with Gasteiger partial charge in [0.1, 0.15) is 17.8 Å². The number of aryl methyl sites for hydroxylation is 1. The Bertz CT molecular complexity index is 636. The van der Waals surface area contributed by atoms with Crippen LogP contribution in [0.4, 0.5) is 5.82 Å². The van der Waals surface area contributed by atoms with Crippen LogP contribution in [0.2, 0.25) is 0 Å². The largest absolute Gasteiger partial charge is 0.395 e. The Morgan fingerprint density at radius 1 is 1.36 bits per heavy atom. The minimum Gasteiger partial charge on any atom is -0.395 e. The summed E-state index contributed by atoms with van der Waals surface area (Å²) in [6, 6.07) is 4.05. The Morgan fingerprint density at radius 3 is 2.88 bits per heavy atom. The molecule has 4 N–H and O–H groups in total. The summed E-state index contributed by atoms with van der Waals surface area (Å²) in [4.78, 5) is 6.48. The number of nitrogens with zero attached hydrogens (tertiary/aromatic N) is 2. The molecule has 3 rings (SSSR count). The molecule has 0 radical (unpaired) electrons. The zero-order chi connectivity index (χ0) is 17.6. The second kappa shape index (κ2) is 8.36. The minimum atomic E-state index is -0.0136. The highest BCUT2D eigenvalue weighted by Crippen LogP contribution is 2.27. The fourth-order valence-electron chi connectivity index (χ4n) is 3.39. The first-order valence-electron chi connectivity index (χ1n) is 9.07. The maximum atomic E-state index is 9.27. The Hall–Kier alpha value is -2.05. The topological polar surface area (TPSA) is 72.5 Å². The molecule has 1 fully saturated rings. The lowest BCUT2D eigenvalue weighted by Gasteiger charge is -2.34. The van der Waals surface area contributed by atoms with Crippen LogP contribution in [0.5, 0.6) is 0 Å². The molecule has 1 saturated heterocycles. The SMILES string of the molecule is Cc1ccnc(NC2C=C(C3CCNCC3)C=C(N(C)CCO)N2)c1. The molecule has 3 heterocycles. The monoisotopic (exact) mass is 343 g/mol. The van der Waals surface area contributed by atoms with Crippen molar-refractivity contribution in [1.82, 2.24) is 20.5 Å². The van der Waals surface area contributed by atoms with Crippen LogP contribution in [0.15, 0.2) is 41.9 Å². The van der Waals surface area contributed by atoms with Gasteiger partial charge in [-0.15, -0.1) is 0 Å². The molecule has 25 heavy (non-hydrogen) atoms. The van der Waals surface area contributed by atoms with Gasteiger partial charge in [0, 0.05) is 19.8 Å². The van der Waals surface area contributed by atoms with Gasteiger partial charge in [0.05, 0.1) is 6.61 Å². The number of aliphatic hydroxyl groups excluding tert-OH is 1. The van der Waals surface area contributed by atoms with Crippen LogP contribution in [-0.2, 0) is 0 Å². The molecule has 1 unspecified atom stereocenters. The number of anilines is 1. The van der Waals surface area contributed by atoms with Crippen molar-refractivity contribution >= 4 is 5.82 Å². The molecule has 136 valence electrons. The highest BCUT2D eigenvalue weighted by atomic mass is 16.3. The number of hydrogen-bond donors (Lipinski definition) is 4. The van der Waals surface area contributed by atoms with Gasteiger partial charge in [-0.1, -0.05) is 0 Å². The van der Waals surface area contributed by atoms with Crippen molar-refractivity contribution in [2.24, 2.45) is 5.92 Å². The third-order valence-corrected chi connectivity index (χ3v) is 4.84. The zero-order valence-electron chi connectivity index (χ0n) is 15.1. The predicted molar refractivity (Wildman–Crippen MR) is 101 cm³/mol. The lowest BCUT2D eigenvalue weighted by molar-refractivity contribution is 0.237. The van der Waals surface area contributed by atoms with Gasteiger partial charge < -0.3 is 26.0 Å². The second-order valence-electron chi connectivity index (χ2n) is 6.85. The number of dihydropyridines is 1. The van der Waals surface area contributed by atoms with Crippen molar-refractivity contribution in [1.29, 1.82) is 0 Å². The molecule has 6 nitrogen and oxygen atoms in total. The molecular weight excluding hydrogens is 314 g/mol. The Labute approximate surface area is 150 Å². The summed E-state index contributed by atoms with van der Waals surface area (Å²) in [5.74, 6) is 2.48. The number of pyridine rings is 1. The van der Waals surface area contributed by atoms with Crippen molar-refractivity contribution < 1.29 is 5.11 Å². The second-order valence-corrected chi connectivity index (χ2v) is 6.85. The van der Waals surface area contributed by atoms with E-state index in [2.05, 4.69) is 51.0 Å². The summed E-state index contributed by atoms with van der Waals surface area (Å²) in [5.41, 5.74) is 2.55. The van der Waals surface area contributed by atoms with Gasteiger partial charge in [-0.2, -0.15) is 0 Å². The summed E-state index contributed by atoms with van der Waals surface area (Å²) in [6.45, 7) is 4.95. The smallest absolute Gasteiger partial charge is 0.127 e. The third kappa shape index (κ3) is 4.74. The average molecular weight is 343 g/mol. The van der Waals surface area contributed by atoms with E-state index in [1.807, 2.05) is 19.3 Å². The van der Waals surface area contributed by atoms with Gasteiger partial charge in [0.2, 0.25) is 0 Å². The Morgan fingerprint density at radius 2 is 2.16 bits per heavy atom. The van der Waals surface area contributed by atoms with E-state index < -0.39 is 0 Å². The van der Waals surface area contributed by atoms with Crippen LogP contribution in [0.1, 0.15) is 18.4 Å². The van der Waals surface area contributed by atoms with Crippen LogP contribution in [-0.4, -0.2) is 54.4 Å². The lowest BCUT2D eigenvalue weighted by Crippen LogP contribution is -2.43. The molecule has 0 amide bonds. The molecule has 1 aromatic rings. The van der Waals surface area contributed by atoms with Crippen LogP contribution in [0.25, 0.3) is 0 Å². The highest BCUT2D eigenvalue weighted by molar-refractivity contribution is 5.42. The van der Waals surface area contributed by atoms with E-state index in [0.717, 1.165) is 37.6 Å². The first kappa shape index (κ1) is 17.8. The van der Waals surface area contributed by atoms with Crippen molar-refractivity contribution in [2.75, 3.05) is 38.6 Å². The number of hydrogen-bond acceptors (Lipinski definition) is 6. The average Bonchev–Trinajstić information content (AvgIpc) is 2.62. The number of rotatable bonds is 6.